The highest BCUT2D eigenvalue weighted by Gasteiger charge is 2.25. The number of thiophene rings is 1. The summed E-state index contributed by atoms with van der Waals surface area (Å²) in [6.07, 6.45) is 3.82. The van der Waals surface area contributed by atoms with Crippen molar-refractivity contribution >= 4 is 28.2 Å². The van der Waals surface area contributed by atoms with Crippen molar-refractivity contribution in [2.75, 3.05) is 11.9 Å². The molecule has 1 aliphatic carbocycles. The van der Waals surface area contributed by atoms with Crippen LogP contribution in [0.25, 0.3) is 0 Å². The Morgan fingerprint density at radius 2 is 2.08 bits per heavy atom. The van der Waals surface area contributed by atoms with Crippen molar-refractivity contribution < 1.29 is 14.3 Å². The summed E-state index contributed by atoms with van der Waals surface area (Å²) >= 11 is 1.48. The molecular formula is C20H24N2O3S. The highest BCUT2D eigenvalue weighted by molar-refractivity contribution is 7.17. The van der Waals surface area contributed by atoms with Gasteiger partial charge in [0.25, 0.3) is 5.91 Å². The van der Waals surface area contributed by atoms with E-state index in [9.17, 15) is 9.59 Å². The second-order valence-corrected chi connectivity index (χ2v) is 7.80. The molecule has 0 fully saturated rings. The lowest BCUT2D eigenvalue weighted by molar-refractivity contribution is -0.116. The molecule has 0 bridgehead atoms. The quantitative estimate of drug-likeness (QED) is 0.726. The first-order chi connectivity index (χ1) is 12.5. The number of benzene rings is 1. The predicted molar refractivity (Wildman–Crippen MR) is 104 cm³/mol. The first kappa shape index (κ1) is 18.5. The second-order valence-electron chi connectivity index (χ2n) is 6.69. The lowest BCUT2D eigenvalue weighted by Gasteiger charge is -2.10. The van der Waals surface area contributed by atoms with Gasteiger partial charge >= 0.3 is 0 Å². The SMILES string of the molecule is Cc1ccc(OCCCC(=O)Nc2sc3c(c2C(N)=O)CCC3)c(C)c1. The standard InChI is InChI=1S/C20H24N2O3S/c1-12-8-9-15(13(2)11-12)25-10-4-7-17(23)22-20-18(19(21)24)14-5-3-6-16(14)26-20/h8-9,11H,3-7,10H2,1-2H3,(H2,21,24)(H,22,23). The van der Waals surface area contributed by atoms with E-state index in [0.29, 0.717) is 30.0 Å². The molecule has 2 amide bonds. The number of amides is 2. The Balaban J connectivity index is 1.51. The van der Waals surface area contributed by atoms with Crippen LogP contribution in [-0.4, -0.2) is 18.4 Å². The highest BCUT2D eigenvalue weighted by Crippen LogP contribution is 2.38. The van der Waals surface area contributed by atoms with Gasteiger partial charge in [0.2, 0.25) is 5.91 Å². The summed E-state index contributed by atoms with van der Waals surface area (Å²) in [4.78, 5) is 25.2. The third kappa shape index (κ3) is 4.07. The molecular weight excluding hydrogens is 348 g/mol. The Bertz CT molecular complexity index is 842. The van der Waals surface area contributed by atoms with Gasteiger partial charge in [-0.2, -0.15) is 0 Å². The number of hydrogen-bond donors (Lipinski definition) is 2. The van der Waals surface area contributed by atoms with Crippen molar-refractivity contribution in [1.29, 1.82) is 0 Å². The maximum atomic E-state index is 12.2. The molecule has 0 atom stereocenters. The molecule has 2 aromatic rings. The number of fused-ring (bicyclic) bond motifs is 1. The molecule has 1 heterocycles. The van der Waals surface area contributed by atoms with Crippen LogP contribution in [0.4, 0.5) is 5.00 Å². The Morgan fingerprint density at radius 1 is 1.27 bits per heavy atom. The van der Waals surface area contributed by atoms with Gasteiger partial charge in [0.1, 0.15) is 10.8 Å². The van der Waals surface area contributed by atoms with Gasteiger partial charge in [-0.1, -0.05) is 17.7 Å². The van der Waals surface area contributed by atoms with E-state index in [0.717, 1.165) is 36.1 Å². The van der Waals surface area contributed by atoms with Crippen molar-refractivity contribution in [2.45, 2.75) is 46.0 Å². The fourth-order valence-electron chi connectivity index (χ4n) is 3.32. The number of ether oxygens (including phenoxy) is 1. The molecule has 0 saturated heterocycles. The summed E-state index contributed by atoms with van der Waals surface area (Å²) in [5, 5.41) is 3.46. The van der Waals surface area contributed by atoms with E-state index in [1.807, 2.05) is 26.0 Å². The molecule has 0 spiro atoms. The van der Waals surface area contributed by atoms with E-state index in [4.69, 9.17) is 10.5 Å². The van der Waals surface area contributed by atoms with Crippen LogP contribution in [0.5, 0.6) is 5.75 Å². The number of carbonyl (C=O) groups is 2. The number of hydrogen-bond acceptors (Lipinski definition) is 4. The van der Waals surface area contributed by atoms with Gasteiger partial charge in [-0.3, -0.25) is 9.59 Å². The molecule has 1 aromatic heterocycles. The predicted octanol–water partition coefficient (Wildman–Crippen LogP) is 3.75. The van der Waals surface area contributed by atoms with Crippen LogP contribution in [0, 0.1) is 13.8 Å². The van der Waals surface area contributed by atoms with Crippen LogP contribution >= 0.6 is 11.3 Å². The Morgan fingerprint density at radius 3 is 2.81 bits per heavy atom. The third-order valence-corrected chi connectivity index (χ3v) is 5.76. The zero-order chi connectivity index (χ0) is 18.7. The summed E-state index contributed by atoms with van der Waals surface area (Å²) in [7, 11) is 0. The number of nitrogens with one attached hydrogen (secondary N) is 1. The maximum Gasteiger partial charge on any atom is 0.251 e. The molecule has 0 aliphatic heterocycles. The van der Waals surface area contributed by atoms with Crippen molar-refractivity contribution in [2.24, 2.45) is 5.73 Å². The summed E-state index contributed by atoms with van der Waals surface area (Å²) < 4.78 is 5.75. The van der Waals surface area contributed by atoms with Gasteiger partial charge in [-0.15, -0.1) is 11.3 Å². The summed E-state index contributed by atoms with van der Waals surface area (Å²) in [5.74, 6) is 0.274. The molecule has 26 heavy (non-hydrogen) atoms. The number of nitrogens with two attached hydrogens (primary N) is 1. The average molecular weight is 372 g/mol. The van der Waals surface area contributed by atoms with E-state index in [-0.39, 0.29) is 5.91 Å². The van der Waals surface area contributed by atoms with E-state index in [1.54, 1.807) is 0 Å². The van der Waals surface area contributed by atoms with Gasteiger partial charge in [-0.05, 0) is 56.7 Å². The summed E-state index contributed by atoms with van der Waals surface area (Å²) in [6.45, 7) is 4.53. The zero-order valence-corrected chi connectivity index (χ0v) is 16.0. The summed E-state index contributed by atoms with van der Waals surface area (Å²) in [6, 6.07) is 6.04. The van der Waals surface area contributed by atoms with E-state index in [2.05, 4.69) is 11.4 Å². The van der Waals surface area contributed by atoms with Crippen molar-refractivity contribution in [3.05, 3.63) is 45.3 Å². The maximum absolute atomic E-state index is 12.2. The van der Waals surface area contributed by atoms with E-state index < -0.39 is 5.91 Å². The van der Waals surface area contributed by atoms with Crippen LogP contribution in [0.2, 0.25) is 0 Å². The fourth-order valence-corrected chi connectivity index (χ4v) is 4.63. The topological polar surface area (TPSA) is 81.4 Å². The lowest BCUT2D eigenvalue weighted by atomic mass is 10.1. The first-order valence-corrected chi connectivity index (χ1v) is 9.71. The zero-order valence-electron chi connectivity index (χ0n) is 15.2. The van der Waals surface area contributed by atoms with Crippen molar-refractivity contribution in [3.8, 4) is 5.75 Å². The molecule has 3 N–H and O–H groups in total. The minimum atomic E-state index is -0.460. The smallest absolute Gasteiger partial charge is 0.251 e. The Labute approximate surface area is 157 Å². The molecule has 0 radical (unpaired) electrons. The number of rotatable bonds is 7. The molecule has 5 nitrogen and oxygen atoms in total. The highest BCUT2D eigenvalue weighted by atomic mass is 32.1. The van der Waals surface area contributed by atoms with Crippen LogP contribution in [0.1, 0.15) is 51.2 Å². The van der Waals surface area contributed by atoms with Gasteiger partial charge in [0.15, 0.2) is 0 Å². The number of aryl methyl sites for hydroxylation is 3. The number of carbonyl (C=O) groups excluding carboxylic acids is 2. The normalized spacial score (nSPS) is 12.7. The summed E-state index contributed by atoms with van der Waals surface area (Å²) in [5.41, 5.74) is 9.33. The van der Waals surface area contributed by atoms with Gasteiger partial charge in [0, 0.05) is 11.3 Å². The molecule has 3 rings (SSSR count). The van der Waals surface area contributed by atoms with E-state index >= 15 is 0 Å². The van der Waals surface area contributed by atoms with Crippen LogP contribution in [0.3, 0.4) is 0 Å². The minimum absolute atomic E-state index is 0.114. The molecule has 6 heteroatoms. The molecule has 1 aromatic carbocycles. The van der Waals surface area contributed by atoms with Gasteiger partial charge < -0.3 is 15.8 Å². The van der Waals surface area contributed by atoms with Crippen molar-refractivity contribution in [3.63, 3.8) is 0 Å². The minimum Gasteiger partial charge on any atom is -0.493 e. The molecule has 138 valence electrons. The van der Waals surface area contributed by atoms with Gasteiger partial charge in [0.05, 0.1) is 12.2 Å². The van der Waals surface area contributed by atoms with Gasteiger partial charge in [-0.25, -0.2) is 0 Å². The Kier molecular flexibility index (Phi) is 5.61. The Hall–Kier alpha value is -2.34. The first-order valence-electron chi connectivity index (χ1n) is 8.90. The monoisotopic (exact) mass is 372 g/mol. The largest absolute Gasteiger partial charge is 0.493 e. The fraction of sp³-hybridized carbons (Fsp3) is 0.400. The average Bonchev–Trinajstić information content (AvgIpc) is 3.13. The molecule has 0 unspecified atom stereocenters. The second kappa shape index (κ2) is 7.91. The van der Waals surface area contributed by atoms with Crippen molar-refractivity contribution in [1.82, 2.24) is 0 Å². The van der Waals surface area contributed by atoms with E-state index in [1.165, 1.54) is 21.8 Å². The van der Waals surface area contributed by atoms with Crippen LogP contribution in [0.15, 0.2) is 18.2 Å². The molecule has 0 saturated carbocycles. The lowest BCUT2D eigenvalue weighted by Crippen LogP contribution is -2.18. The third-order valence-electron chi connectivity index (χ3n) is 4.56. The van der Waals surface area contributed by atoms with Crippen LogP contribution < -0.4 is 15.8 Å². The van der Waals surface area contributed by atoms with Crippen LogP contribution in [-0.2, 0) is 17.6 Å². The molecule has 1 aliphatic rings. The number of anilines is 1. The number of primary amides is 1.